The highest BCUT2D eigenvalue weighted by Crippen LogP contribution is 1.94. The number of hydrazine groups is 1. The van der Waals surface area contributed by atoms with Gasteiger partial charge < -0.3 is 5.11 Å². The molecule has 0 aromatic heterocycles. The number of nitrogens with one attached hydrogen (secondary N) is 1. The first kappa shape index (κ1) is 10.7. The molecule has 0 aliphatic heterocycles. The number of hydrogen-bond donors (Lipinski definition) is 2. The van der Waals surface area contributed by atoms with Crippen molar-refractivity contribution in [3.63, 3.8) is 0 Å². The summed E-state index contributed by atoms with van der Waals surface area (Å²) in [6.07, 6.45) is 3.03. The maximum Gasteiger partial charge on any atom is 0.423 e. The van der Waals surface area contributed by atoms with E-state index in [0.717, 1.165) is 24.3 Å². The molecule has 0 atom stereocenters. The SMILES string of the molecule is CCCCCN([C]=O)NC(=O)O. The molecule has 0 fully saturated rings. The third-order valence-corrected chi connectivity index (χ3v) is 1.33. The minimum Gasteiger partial charge on any atom is -0.464 e. The van der Waals surface area contributed by atoms with Gasteiger partial charge in [0.15, 0.2) is 0 Å². The molecule has 2 N–H and O–H groups in total. The van der Waals surface area contributed by atoms with Crippen molar-refractivity contribution in [3.8, 4) is 0 Å². The van der Waals surface area contributed by atoms with E-state index in [4.69, 9.17) is 5.11 Å². The summed E-state index contributed by atoms with van der Waals surface area (Å²) in [5.74, 6) is 0. The van der Waals surface area contributed by atoms with Crippen LogP contribution in [-0.4, -0.2) is 29.2 Å². The lowest BCUT2D eigenvalue weighted by molar-refractivity contribution is 0.167. The Balaban J connectivity index is 3.53. The van der Waals surface area contributed by atoms with Gasteiger partial charge in [0.2, 0.25) is 0 Å². The summed E-state index contributed by atoms with van der Waals surface area (Å²) in [6, 6.07) is 0. The monoisotopic (exact) mass is 173 g/mol. The summed E-state index contributed by atoms with van der Waals surface area (Å²) in [5.41, 5.74) is 1.91. The molecule has 0 aliphatic rings. The molecule has 5 nitrogen and oxygen atoms in total. The summed E-state index contributed by atoms with van der Waals surface area (Å²) in [5, 5.41) is 9.14. The minimum absolute atomic E-state index is 0.379. The summed E-state index contributed by atoms with van der Waals surface area (Å²) in [6.45, 7) is 2.41. The molecule has 0 heterocycles. The molecule has 0 rings (SSSR count). The lowest BCUT2D eigenvalue weighted by atomic mass is 10.2. The Hall–Kier alpha value is -1.26. The molecule has 0 spiro atoms. The van der Waals surface area contributed by atoms with Crippen molar-refractivity contribution >= 4 is 12.5 Å². The van der Waals surface area contributed by atoms with E-state index in [-0.39, 0.29) is 0 Å². The molecule has 0 saturated carbocycles. The molecule has 2 amide bonds. The Morgan fingerprint density at radius 2 is 2.25 bits per heavy atom. The van der Waals surface area contributed by atoms with Gasteiger partial charge in [-0.05, 0) is 6.42 Å². The fourth-order valence-electron chi connectivity index (χ4n) is 0.760. The van der Waals surface area contributed by atoms with Crippen molar-refractivity contribution < 1.29 is 14.7 Å². The molecular weight excluding hydrogens is 160 g/mol. The predicted molar refractivity (Wildman–Crippen MR) is 43.1 cm³/mol. The topological polar surface area (TPSA) is 69.6 Å². The second kappa shape index (κ2) is 6.45. The van der Waals surface area contributed by atoms with E-state index in [2.05, 4.69) is 0 Å². The maximum atomic E-state index is 10.1. The van der Waals surface area contributed by atoms with Gasteiger partial charge >= 0.3 is 12.5 Å². The molecule has 5 heteroatoms. The Morgan fingerprint density at radius 1 is 1.58 bits per heavy atom. The van der Waals surface area contributed by atoms with Crippen LogP contribution in [-0.2, 0) is 4.79 Å². The number of carboxylic acid groups (broad SMARTS) is 1. The van der Waals surface area contributed by atoms with Crippen molar-refractivity contribution in [1.82, 2.24) is 10.4 Å². The van der Waals surface area contributed by atoms with Gasteiger partial charge in [0.05, 0.1) is 0 Å². The normalized spacial score (nSPS) is 9.08. The third kappa shape index (κ3) is 5.52. The van der Waals surface area contributed by atoms with Crippen LogP contribution >= 0.6 is 0 Å². The summed E-state index contributed by atoms with van der Waals surface area (Å²) in [7, 11) is 0. The van der Waals surface area contributed by atoms with Crippen molar-refractivity contribution in [2.75, 3.05) is 6.54 Å². The number of rotatable bonds is 6. The van der Waals surface area contributed by atoms with Crippen LogP contribution in [0.4, 0.5) is 4.79 Å². The molecule has 0 aromatic rings. The predicted octanol–water partition coefficient (Wildman–Crippen LogP) is 0.728. The highest BCUT2D eigenvalue weighted by atomic mass is 16.4. The third-order valence-electron chi connectivity index (χ3n) is 1.33. The molecular formula is C7H13N2O3. The number of nitrogens with zero attached hydrogens (tertiary/aromatic N) is 1. The zero-order valence-corrected chi connectivity index (χ0v) is 7.04. The summed E-state index contributed by atoms with van der Waals surface area (Å²) < 4.78 is 0. The number of amides is 2. The molecule has 0 aromatic carbocycles. The number of unbranched alkanes of at least 4 members (excludes halogenated alkanes) is 2. The molecule has 1 radical (unpaired) electrons. The number of carbonyl (C=O) groups is 1. The Morgan fingerprint density at radius 3 is 2.67 bits per heavy atom. The quantitative estimate of drug-likeness (QED) is 0.353. The largest absolute Gasteiger partial charge is 0.464 e. The maximum absolute atomic E-state index is 10.1. The highest BCUT2D eigenvalue weighted by Gasteiger charge is 2.04. The van der Waals surface area contributed by atoms with Crippen molar-refractivity contribution in [2.45, 2.75) is 26.2 Å². The number of hydrogen-bond acceptors (Lipinski definition) is 2. The molecule has 12 heavy (non-hydrogen) atoms. The molecule has 0 saturated heterocycles. The summed E-state index contributed by atoms with van der Waals surface area (Å²) >= 11 is 0. The molecule has 0 bridgehead atoms. The Labute approximate surface area is 71.3 Å². The van der Waals surface area contributed by atoms with Gasteiger partial charge in [-0.1, -0.05) is 19.8 Å². The zero-order chi connectivity index (χ0) is 9.40. The van der Waals surface area contributed by atoms with Crippen LogP contribution in [0.15, 0.2) is 0 Å². The van der Waals surface area contributed by atoms with Crippen LogP contribution in [0.2, 0.25) is 0 Å². The van der Waals surface area contributed by atoms with Crippen LogP contribution in [0, 0.1) is 0 Å². The van der Waals surface area contributed by atoms with E-state index < -0.39 is 6.09 Å². The van der Waals surface area contributed by atoms with Crippen molar-refractivity contribution in [2.24, 2.45) is 0 Å². The molecule has 69 valence electrons. The van der Waals surface area contributed by atoms with E-state index >= 15 is 0 Å². The fourth-order valence-corrected chi connectivity index (χ4v) is 0.760. The second-order valence-electron chi connectivity index (χ2n) is 2.37. The lowest BCUT2D eigenvalue weighted by Gasteiger charge is -2.13. The first-order valence-electron chi connectivity index (χ1n) is 3.85. The minimum atomic E-state index is -1.24. The van der Waals surface area contributed by atoms with Crippen molar-refractivity contribution in [1.29, 1.82) is 0 Å². The van der Waals surface area contributed by atoms with E-state index in [9.17, 15) is 9.59 Å². The summed E-state index contributed by atoms with van der Waals surface area (Å²) in [4.78, 5) is 20.2. The van der Waals surface area contributed by atoms with Gasteiger partial charge in [-0.15, -0.1) is 0 Å². The smallest absolute Gasteiger partial charge is 0.423 e. The van der Waals surface area contributed by atoms with E-state index in [1.165, 1.54) is 6.41 Å². The van der Waals surface area contributed by atoms with Crippen LogP contribution in [0.1, 0.15) is 26.2 Å². The average Bonchev–Trinajstić information content (AvgIpc) is 2.02. The Bertz CT molecular complexity index is 150. The first-order chi connectivity index (χ1) is 5.70. The van der Waals surface area contributed by atoms with E-state index in [0.29, 0.717) is 6.54 Å². The van der Waals surface area contributed by atoms with Crippen LogP contribution in [0.5, 0.6) is 0 Å². The fraction of sp³-hybridized carbons (Fsp3) is 0.714. The van der Waals surface area contributed by atoms with Gasteiger partial charge in [-0.3, -0.25) is 4.79 Å². The average molecular weight is 173 g/mol. The second-order valence-corrected chi connectivity index (χ2v) is 2.37. The Kier molecular flexibility index (Phi) is 5.77. The first-order valence-corrected chi connectivity index (χ1v) is 3.85. The van der Waals surface area contributed by atoms with Gasteiger partial charge in [0, 0.05) is 6.54 Å². The van der Waals surface area contributed by atoms with Crippen LogP contribution in [0.3, 0.4) is 0 Å². The van der Waals surface area contributed by atoms with Gasteiger partial charge in [-0.2, -0.15) is 0 Å². The molecule has 0 unspecified atom stereocenters. The van der Waals surface area contributed by atoms with Crippen LogP contribution in [0.25, 0.3) is 0 Å². The highest BCUT2D eigenvalue weighted by molar-refractivity contribution is 5.66. The van der Waals surface area contributed by atoms with E-state index in [1.54, 1.807) is 0 Å². The molecule has 0 aliphatic carbocycles. The number of carbonyl (C=O) groups excluding carboxylic acids is 1. The van der Waals surface area contributed by atoms with E-state index in [1.807, 2.05) is 12.3 Å². The van der Waals surface area contributed by atoms with Crippen molar-refractivity contribution in [3.05, 3.63) is 0 Å². The van der Waals surface area contributed by atoms with Gasteiger partial charge in [-0.25, -0.2) is 15.2 Å². The lowest BCUT2D eigenvalue weighted by Crippen LogP contribution is -2.40. The van der Waals surface area contributed by atoms with Gasteiger partial charge in [0.25, 0.3) is 0 Å². The van der Waals surface area contributed by atoms with Crippen LogP contribution < -0.4 is 5.43 Å². The van der Waals surface area contributed by atoms with Gasteiger partial charge in [0.1, 0.15) is 0 Å². The standard InChI is InChI=1S/C7H13N2O3/c1-2-3-4-5-9(6-10)8-7(11)12/h8H,2-5H2,1H3,(H,11,12). The zero-order valence-electron chi connectivity index (χ0n) is 7.04.